The first-order valence-electron chi connectivity index (χ1n) is 10.2. The van der Waals surface area contributed by atoms with Gasteiger partial charge in [-0.05, 0) is 66.0 Å². The van der Waals surface area contributed by atoms with Gasteiger partial charge in [0.25, 0.3) is 0 Å². The molecule has 0 atom stereocenters. The molecule has 0 fully saturated rings. The fraction of sp³-hybridized carbons (Fsp3) is 0.440. The SMILES string of the molecule is CC1=CC(=C(C#N)C#N)C=C(c2cc3c4c(c2)C(C)(C)CCN4CCC3(C)C)O1. The van der Waals surface area contributed by atoms with Crippen molar-refractivity contribution < 1.29 is 4.74 Å². The Kier molecular flexibility index (Phi) is 4.35. The number of hydrogen-bond acceptors (Lipinski definition) is 4. The molecule has 3 heterocycles. The topological polar surface area (TPSA) is 60.0 Å². The molecule has 0 bridgehead atoms. The largest absolute Gasteiger partial charge is 0.461 e. The van der Waals surface area contributed by atoms with Crippen LogP contribution in [0.15, 0.2) is 41.2 Å². The molecule has 0 aromatic heterocycles. The molecule has 0 saturated heterocycles. The molecule has 0 unspecified atom stereocenters. The molecule has 3 aliphatic rings. The van der Waals surface area contributed by atoms with Crippen LogP contribution in [0, 0.1) is 22.7 Å². The van der Waals surface area contributed by atoms with E-state index in [0.717, 1.165) is 31.5 Å². The van der Waals surface area contributed by atoms with Crippen molar-refractivity contribution in [2.24, 2.45) is 0 Å². The van der Waals surface area contributed by atoms with E-state index >= 15 is 0 Å². The third-order valence-corrected chi connectivity index (χ3v) is 6.61. The van der Waals surface area contributed by atoms with E-state index in [0.29, 0.717) is 17.1 Å². The first kappa shape index (κ1) is 19.3. The summed E-state index contributed by atoms with van der Waals surface area (Å²) >= 11 is 0. The maximum Gasteiger partial charge on any atom is 0.137 e. The van der Waals surface area contributed by atoms with Crippen LogP contribution in [-0.4, -0.2) is 13.1 Å². The molecule has 3 aliphatic heterocycles. The lowest BCUT2D eigenvalue weighted by Gasteiger charge is -2.48. The zero-order chi connectivity index (χ0) is 21.0. The first-order valence-corrected chi connectivity index (χ1v) is 10.2. The zero-order valence-corrected chi connectivity index (χ0v) is 17.9. The minimum atomic E-state index is 0.0905. The summed E-state index contributed by atoms with van der Waals surface area (Å²) < 4.78 is 6.07. The average Bonchev–Trinajstić information content (AvgIpc) is 2.67. The number of anilines is 1. The standard InChI is InChI=1S/C25H27N3O/c1-16-10-17(19(14-26)15-27)13-22(29-16)18-11-20-23-21(12-18)25(4,5)7-9-28(23)8-6-24(20,2)3/h10-13H,6-9H2,1-5H3. The van der Waals surface area contributed by atoms with Gasteiger partial charge in [-0.2, -0.15) is 10.5 Å². The van der Waals surface area contributed by atoms with Gasteiger partial charge in [0, 0.05) is 29.9 Å². The second-order valence-electron chi connectivity index (χ2n) is 9.59. The predicted octanol–water partition coefficient (Wildman–Crippen LogP) is 5.47. The average molecular weight is 386 g/mol. The third kappa shape index (κ3) is 3.14. The Bertz CT molecular complexity index is 1010. The van der Waals surface area contributed by atoms with Gasteiger partial charge in [-0.1, -0.05) is 27.7 Å². The van der Waals surface area contributed by atoms with Gasteiger partial charge in [-0.3, -0.25) is 0 Å². The maximum absolute atomic E-state index is 9.30. The van der Waals surface area contributed by atoms with E-state index < -0.39 is 0 Å². The van der Waals surface area contributed by atoms with Crippen molar-refractivity contribution >= 4 is 11.4 Å². The molecule has 0 spiro atoms. The highest BCUT2D eigenvalue weighted by Crippen LogP contribution is 2.50. The van der Waals surface area contributed by atoms with Gasteiger partial charge in [-0.25, -0.2) is 0 Å². The van der Waals surface area contributed by atoms with Crippen LogP contribution < -0.4 is 4.90 Å². The van der Waals surface area contributed by atoms with E-state index in [1.54, 1.807) is 6.08 Å². The lowest BCUT2D eigenvalue weighted by molar-refractivity contribution is 0.378. The summed E-state index contributed by atoms with van der Waals surface area (Å²) in [7, 11) is 0. The van der Waals surface area contributed by atoms with Crippen molar-refractivity contribution in [3.05, 3.63) is 57.9 Å². The van der Waals surface area contributed by atoms with Crippen LogP contribution >= 0.6 is 0 Å². The summed E-state index contributed by atoms with van der Waals surface area (Å²) in [6.07, 6.45) is 5.83. The Morgan fingerprint density at radius 1 is 0.966 bits per heavy atom. The number of allylic oxidation sites excluding steroid dienone is 5. The van der Waals surface area contributed by atoms with Gasteiger partial charge < -0.3 is 9.64 Å². The minimum Gasteiger partial charge on any atom is -0.461 e. The fourth-order valence-electron chi connectivity index (χ4n) is 4.66. The molecule has 0 radical (unpaired) electrons. The number of nitrogens with zero attached hydrogens (tertiary/aromatic N) is 3. The molecule has 4 rings (SSSR count). The normalized spacial score (nSPS) is 21.1. The van der Waals surface area contributed by atoms with Gasteiger partial charge in [0.15, 0.2) is 0 Å². The van der Waals surface area contributed by atoms with Crippen LogP contribution in [0.1, 0.15) is 64.2 Å². The molecule has 4 nitrogen and oxygen atoms in total. The van der Waals surface area contributed by atoms with Crippen molar-refractivity contribution in [3.8, 4) is 12.1 Å². The number of benzene rings is 1. The highest BCUT2D eigenvalue weighted by molar-refractivity contribution is 5.76. The molecular formula is C25H27N3O. The van der Waals surface area contributed by atoms with Crippen LogP contribution in [0.3, 0.4) is 0 Å². The Morgan fingerprint density at radius 2 is 1.52 bits per heavy atom. The molecule has 148 valence electrons. The van der Waals surface area contributed by atoms with E-state index in [2.05, 4.69) is 44.7 Å². The monoisotopic (exact) mass is 385 g/mol. The van der Waals surface area contributed by atoms with E-state index in [9.17, 15) is 10.5 Å². The van der Waals surface area contributed by atoms with Crippen LogP contribution in [0.25, 0.3) is 5.76 Å². The molecule has 1 aromatic rings. The van der Waals surface area contributed by atoms with Crippen LogP contribution in [0.4, 0.5) is 5.69 Å². The third-order valence-electron chi connectivity index (χ3n) is 6.61. The molecule has 4 heteroatoms. The quantitative estimate of drug-likeness (QED) is 0.601. The van der Waals surface area contributed by atoms with Gasteiger partial charge in [0.05, 0.1) is 0 Å². The van der Waals surface area contributed by atoms with Gasteiger partial charge in [-0.15, -0.1) is 0 Å². The van der Waals surface area contributed by atoms with Gasteiger partial charge in [0.2, 0.25) is 0 Å². The predicted molar refractivity (Wildman–Crippen MR) is 115 cm³/mol. The van der Waals surface area contributed by atoms with Crippen molar-refractivity contribution in [2.45, 2.75) is 58.3 Å². The van der Waals surface area contributed by atoms with Crippen molar-refractivity contribution in [1.82, 2.24) is 0 Å². The summed E-state index contributed by atoms with van der Waals surface area (Å²) in [4.78, 5) is 2.54. The van der Waals surface area contributed by atoms with Crippen molar-refractivity contribution in [1.29, 1.82) is 10.5 Å². The molecule has 0 aliphatic carbocycles. The summed E-state index contributed by atoms with van der Waals surface area (Å²) in [6.45, 7) is 13.3. The maximum atomic E-state index is 9.30. The first-order chi connectivity index (χ1) is 13.7. The lowest BCUT2D eigenvalue weighted by Crippen LogP contribution is -2.44. The van der Waals surface area contributed by atoms with E-state index in [1.165, 1.54) is 16.8 Å². The summed E-state index contributed by atoms with van der Waals surface area (Å²) in [5, 5.41) is 18.6. The van der Waals surface area contributed by atoms with Crippen LogP contribution in [-0.2, 0) is 15.6 Å². The molecule has 0 saturated carbocycles. The van der Waals surface area contributed by atoms with Crippen LogP contribution in [0.5, 0.6) is 0 Å². The number of rotatable bonds is 1. The van der Waals surface area contributed by atoms with Crippen molar-refractivity contribution in [2.75, 3.05) is 18.0 Å². The molecular weight excluding hydrogens is 358 g/mol. The zero-order valence-electron chi connectivity index (χ0n) is 17.9. The second kappa shape index (κ2) is 6.53. The van der Waals surface area contributed by atoms with Crippen molar-refractivity contribution in [3.63, 3.8) is 0 Å². The highest BCUT2D eigenvalue weighted by Gasteiger charge is 2.40. The smallest absolute Gasteiger partial charge is 0.137 e. The molecule has 29 heavy (non-hydrogen) atoms. The summed E-state index contributed by atoms with van der Waals surface area (Å²) in [6, 6.07) is 8.50. The second-order valence-corrected chi connectivity index (χ2v) is 9.59. The van der Waals surface area contributed by atoms with Gasteiger partial charge in [0.1, 0.15) is 29.2 Å². The van der Waals surface area contributed by atoms with E-state index in [-0.39, 0.29) is 16.4 Å². The van der Waals surface area contributed by atoms with E-state index in [4.69, 9.17) is 4.74 Å². The Balaban J connectivity index is 1.95. The Hall–Kier alpha value is -2.98. The Morgan fingerprint density at radius 3 is 2.03 bits per heavy atom. The highest BCUT2D eigenvalue weighted by atomic mass is 16.5. The summed E-state index contributed by atoms with van der Waals surface area (Å²) in [5.74, 6) is 1.39. The molecule has 1 aromatic carbocycles. The Labute approximate surface area is 173 Å². The van der Waals surface area contributed by atoms with E-state index in [1.807, 2.05) is 25.1 Å². The molecule has 0 N–H and O–H groups in total. The molecule has 0 amide bonds. The van der Waals surface area contributed by atoms with Gasteiger partial charge >= 0.3 is 0 Å². The summed E-state index contributed by atoms with van der Waals surface area (Å²) in [5.41, 5.74) is 6.05. The minimum absolute atomic E-state index is 0.0905. The fourth-order valence-corrected chi connectivity index (χ4v) is 4.66. The van der Waals surface area contributed by atoms with Crippen LogP contribution in [0.2, 0.25) is 0 Å². The number of ether oxygens (including phenoxy) is 1. The lowest BCUT2D eigenvalue weighted by atomic mass is 9.69. The number of nitriles is 2. The number of hydrogen-bond donors (Lipinski definition) is 0.